The van der Waals surface area contributed by atoms with Crippen molar-refractivity contribution < 1.29 is 4.65 Å². The van der Waals surface area contributed by atoms with E-state index in [0.717, 1.165) is 13.2 Å². The van der Waals surface area contributed by atoms with Gasteiger partial charge in [0.25, 0.3) is 0 Å². The van der Waals surface area contributed by atoms with Gasteiger partial charge in [0.15, 0.2) is 0 Å². The van der Waals surface area contributed by atoms with E-state index in [9.17, 15) is 0 Å². The molecule has 0 aromatic heterocycles. The molecule has 0 bridgehead atoms. The highest BCUT2D eigenvalue weighted by Gasteiger charge is 2.32. The van der Waals surface area contributed by atoms with Crippen molar-refractivity contribution in [2.24, 2.45) is 0 Å². The van der Waals surface area contributed by atoms with Gasteiger partial charge in [0.1, 0.15) is 0 Å². The van der Waals surface area contributed by atoms with Crippen LogP contribution in [0.3, 0.4) is 0 Å². The molecule has 3 rings (SSSR count). The van der Waals surface area contributed by atoms with Crippen LogP contribution >= 0.6 is 0 Å². The Morgan fingerprint density at radius 1 is 0.824 bits per heavy atom. The first-order valence-electron chi connectivity index (χ1n) is 6.07. The summed E-state index contributed by atoms with van der Waals surface area (Å²) in [6, 6.07) is 20.8. The van der Waals surface area contributed by atoms with Crippen molar-refractivity contribution in [3.05, 3.63) is 60.7 Å². The molecule has 1 aliphatic rings. The van der Waals surface area contributed by atoms with Gasteiger partial charge in [0.05, 0.1) is 0 Å². The molecule has 1 N–H and O–H groups in total. The van der Waals surface area contributed by atoms with E-state index in [-0.39, 0.29) is 0 Å². The number of rotatable bonds is 2. The van der Waals surface area contributed by atoms with Crippen molar-refractivity contribution in [3.8, 4) is 0 Å². The molecule has 2 aromatic carbocycles. The number of nitrogens with one attached hydrogen (secondary N) is 1. The Bertz CT molecular complexity index is 439. The molecular weight excluding hydrogens is 209 g/mol. The summed E-state index contributed by atoms with van der Waals surface area (Å²) in [7, 11) is 0. The summed E-state index contributed by atoms with van der Waals surface area (Å²) in [5, 5.41) is 3.54. The summed E-state index contributed by atoms with van der Waals surface area (Å²) in [6.45, 7) is 0.455. The highest BCUT2D eigenvalue weighted by atomic mass is 16.5. The second-order valence-corrected chi connectivity index (χ2v) is 4.43. The minimum Gasteiger partial charge on any atom is -0.570 e. The molecule has 0 spiro atoms. The lowest BCUT2D eigenvalue weighted by molar-refractivity contribution is 0.367. The Kier molecular flexibility index (Phi) is 2.71. The Morgan fingerprint density at radius 3 is 1.76 bits per heavy atom. The van der Waals surface area contributed by atoms with Gasteiger partial charge in [-0.25, -0.2) is 0 Å². The summed E-state index contributed by atoms with van der Waals surface area (Å²) in [5.74, 6) is 0. The molecule has 3 heteroatoms. The first-order valence-corrected chi connectivity index (χ1v) is 6.07. The first-order chi connectivity index (χ1) is 8.42. The third-order valence-electron chi connectivity index (χ3n) is 3.44. The van der Waals surface area contributed by atoms with E-state index in [0.29, 0.717) is 0 Å². The summed E-state index contributed by atoms with van der Waals surface area (Å²) in [6.07, 6.45) is 0. The molecule has 0 radical (unpaired) electrons. The van der Waals surface area contributed by atoms with Crippen molar-refractivity contribution in [2.45, 2.75) is 0 Å². The first kappa shape index (κ1) is 10.6. The zero-order valence-electron chi connectivity index (χ0n) is 9.67. The van der Waals surface area contributed by atoms with Gasteiger partial charge >= 0.3 is 0 Å². The molecule has 0 unspecified atom stereocenters. The molecule has 0 saturated carbocycles. The number of hydrogen-bond acceptors (Lipinski definition) is 2. The molecule has 1 heterocycles. The van der Waals surface area contributed by atoms with Gasteiger partial charge in [-0.2, -0.15) is 10.9 Å². The Morgan fingerprint density at radius 2 is 1.35 bits per heavy atom. The van der Waals surface area contributed by atoms with Crippen LogP contribution in [0.15, 0.2) is 60.7 Å². The molecule has 1 saturated heterocycles. The molecule has 17 heavy (non-hydrogen) atoms. The Hall–Kier alpha value is -1.58. The van der Waals surface area contributed by atoms with E-state index in [1.54, 1.807) is 0 Å². The lowest BCUT2D eigenvalue weighted by Crippen LogP contribution is -2.67. The van der Waals surface area contributed by atoms with Crippen LogP contribution in [0.25, 0.3) is 0 Å². The fourth-order valence-electron chi connectivity index (χ4n) is 2.63. The fraction of sp³-hybridized carbons (Fsp3) is 0.143. The van der Waals surface area contributed by atoms with Crippen LogP contribution in [0.2, 0.25) is 0 Å². The van der Waals surface area contributed by atoms with E-state index in [1.165, 1.54) is 10.9 Å². The quantitative estimate of drug-likeness (QED) is 0.764. The summed E-state index contributed by atoms with van der Waals surface area (Å²) in [4.78, 5) is 0. The topological polar surface area (TPSA) is 21.3 Å². The molecule has 86 valence electrons. The average Bonchev–Trinajstić information content (AvgIpc) is 2.91. The molecule has 2 nitrogen and oxygen atoms in total. The highest BCUT2D eigenvalue weighted by Crippen LogP contribution is 2.08. The zero-order valence-corrected chi connectivity index (χ0v) is 9.67. The van der Waals surface area contributed by atoms with Crippen LogP contribution in [0.4, 0.5) is 0 Å². The van der Waals surface area contributed by atoms with Crippen LogP contribution in [-0.2, 0) is 4.65 Å². The third kappa shape index (κ3) is 1.77. The number of hydrogen-bond donors (Lipinski definition) is 1. The average molecular weight is 224 g/mol. The molecule has 0 amide bonds. The summed E-state index contributed by atoms with van der Waals surface area (Å²) in [5.41, 5.74) is 2.44. The van der Waals surface area contributed by atoms with Crippen LogP contribution in [0, 0.1) is 0 Å². The monoisotopic (exact) mass is 224 g/mol. The van der Waals surface area contributed by atoms with Crippen molar-refractivity contribution in [3.63, 3.8) is 0 Å². The number of benzene rings is 2. The van der Waals surface area contributed by atoms with Gasteiger partial charge < -0.3 is 9.88 Å². The van der Waals surface area contributed by atoms with Gasteiger partial charge in [0, 0.05) is 6.61 Å². The maximum Gasteiger partial charge on any atom is 0.239 e. The predicted molar refractivity (Wildman–Crippen MR) is 71.9 cm³/mol. The van der Waals surface area contributed by atoms with E-state index in [2.05, 4.69) is 53.8 Å². The van der Waals surface area contributed by atoms with Gasteiger partial charge in [-0.1, -0.05) is 60.7 Å². The molecule has 2 aromatic rings. The largest absolute Gasteiger partial charge is 0.570 e. The summed E-state index contributed by atoms with van der Waals surface area (Å²) >= 11 is 0. The van der Waals surface area contributed by atoms with Gasteiger partial charge in [0.2, 0.25) is 6.48 Å². The van der Waals surface area contributed by atoms with Crippen molar-refractivity contribution >= 4 is 17.4 Å². The second-order valence-electron chi connectivity index (χ2n) is 4.43. The zero-order chi connectivity index (χ0) is 11.6. The van der Waals surface area contributed by atoms with Crippen molar-refractivity contribution in [1.29, 1.82) is 0 Å². The van der Waals surface area contributed by atoms with Crippen LogP contribution in [-0.4, -0.2) is 19.6 Å². The highest BCUT2D eigenvalue weighted by molar-refractivity contribution is 6.95. The van der Waals surface area contributed by atoms with Gasteiger partial charge in [-0.05, 0) is 6.54 Å². The van der Waals surface area contributed by atoms with E-state index in [1.807, 2.05) is 12.1 Å². The predicted octanol–water partition coefficient (Wildman–Crippen LogP) is 0.863. The van der Waals surface area contributed by atoms with Crippen LogP contribution in [0.5, 0.6) is 0 Å². The molecular formula is C14H15BNO-. The normalized spacial score (nSPS) is 18.1. The van der Waals surface area contributed by atoms with E-state index in [4.69, 9.17) is 4.65 Å². The minimum atomic E-state index is -1.22. The lowest BCUT2D eigenvalue weighted by atomic mass is 9.42. The van der Waals surface area contributed by atoms with E-state index >= 15 is 0 Å². The van der Waals surface area contributed by atoms with Crippen LogP contribution in [0.1, 0.15) is 0 Å². The SMILES string of the molecule is c1ccc([B-]2(c3ccccc3)NCCO2)cc1. The van der Waals surface area contributed by atoms with E-state index < -0.39 is 6.48 Å². The molecule has 1 fully saturated rings. The van der Waals surface area contributed by atoms with Crippen LogP contribution < -0.4 is 16.2 Å². The molecule has 1 aliphatic heterocycles. The fourth-order valence-corrected chi connectivity index (χ4v) is 2.63. The third-order valence-corrected chi connectivity index (χ3v) is 3.44. The Balaban J connectivity index is 2.11. The Labute approximate surface area is 102 Å². The molecule has 0 atom stereocenters. The second kappa shape index (κ2) is 4.36. The minimum absolute atomic E-state index is 0.768. The van der Waals surface area contributed by atoms with Gasteiger partial charge in [-0.15, -0.1) is 0 Å². The molecule has 0 aliphatic carbocycles. The van der Waals surface area contributed by atoms with Gasteiger partial charge in [-0.3, -0.25) is 0 Å². The maximum absolute atomic E-state index is 6.06. The maximum atomic E-state index is 6.06. The summed E-state index contributed by atoms with van der Waals surface area (Å²) < 4.78 is 6.06. The standard InChI is InChI=1S/C14H15BNO/c1-3-7-13(8-4-1)15(16-11-12-17-15)14-9-5-2-6-10-14/h1-10,16H,11-12H2/q-1. The lowest BCUT2D eigenvalue weighted by Gasteiger charge is -2.37. The van der Waals surface area contributed by atoms with Crippen molar-refractivity contribution in [2.75, 3.05) is 13.2 Å². The smallest absolute Gasteiger partial charge is 0.239 e. The van der Waals surface area contributed by atoms with Crippen molar-refractivity contribution in [1.82, 2.24) is 5.23 Å².